The van der Waals surface area contributed by atoms with Crippen LogP contribution in [0.1, 0.15) is 64.3 Å². The van der Waals surface area contributed by atoms with Crippen molar-refractivity contribution in [1.82, 2.24) is 20.1 Å². The number of rotatable bonds is 6. The second kappa shape index (κ2) is 6.94. The molecular formula is C17H27N5OS. The Morgan fingerprint density at radius 2 is 1.83 bits per heavy atom. The molecule has 0 unspecified atom stereocenters. The topological polar surface area (TPSA) is 63.1 Å². The average Bonchev–Trinajstić information content (AvgIpc) is 3.01. The molecule has 4 rings (SSSR count). The van der Waals surface area contributed by atoms with Crippen LogP contribution >= 0.6 is 11.8 Å². The van der Waals surface area contributed by atoms with Gasteiger partial charge in [-0.05, 0) is 45.4 Å². The number of hydrogen-bond donors (Lipinski definition) is 1. The third kappa shape index (κ3) is 3.41. The lowest BCUT2D eigenvalue weighted by Crippen LogP contribution is -2.37. The van der Waals surface area contributed by atoms with Crippen LogP contribution in [-0.2, 0) is 4.79 Å². The van der Waals surface area contributed by atoms with Gasteiger partial charge in [0.25, 0.3) is 0 Å². The minimum atomic E-state index is -0.126. The van der Waals surface area contributed by atoms with E-state index in [1.165, 1.54) is 38.5 Å². The maximum atomic E-state index is 12.5. The maximum absolute atomic E-state index is 12.5. The molecule has 7 heteroatoms. The second-order valence-electron chi connectivity index (χ2n) is 7.33. The quantitative estimate of drug-likeness (QED) is 0.800. The summed E-state index contributed by atoms with van der Waals surface area (Å²) in [6.45, 7) is 4.14. The standard InChI is InChI=1S/C17H27N5OS/c1-12(15(23)18-13-6-2-3-7-13)24-17-20-19-16(21-10-4-5-11-21)22(17)14-8-9-14/h12-14H,2-11H2,1H3,(H,18,23)/t12-/m1/s1. The third-order valence-electron chi connectivity index (χ3n) is 5.30. The van der Waals surface area contributed by atoms with Crippen LogP contribution in [0.15, 0.2) is 5.16 Å². The lowest BCUT2D eigenvalue weighted by molar-refractivity contribution is -0.120. The van der Waals surface area contributed by atoms with Gasteiger partial charge in [0.15, 0.2) is 5.16 Å². The normalized spacial score (nSPS) is 23.0. The molecule has 2 aliphatic carbocycles. The summed E-state index contributed by atoms with van der Waals surface area (Å²) in [5, 5.41) is 12.9. The fourth-order valence-electron chi connectivity index (χ4n) is 3.74. The van der Waals surface area contributed by atoms with Crippen LogP contribution in [0.3, 0.4) is 0 Å². The summed E-state index contributed by atoms with van der Waals surface area (Å²) in [7, 11) is 0. The summed E-state index contributed by atoms with van der Waals surface area (Å²) in [6, 6.07) is 0.908. The van der Waals surface area contributed by atoms with Gasteiger partial charge < -0.3 is 10.2 Å². The van der Waals surface area contributed by atoms with Gasteiger partial charge in [-0.3, -0.25) is 9.36 Å². The van der Waals surface area contributed by atoms with Crippen molar-refractivity contribution in [2.24, 2.45) is 0 Å². The molecule has 132 valence electrons. The van der Waals surface area contributed by atoms with Crippen molar-refractivity contribution in [1.29, 1.82) is 0 Å². The lowest BCUT2D eigenvalue weighted by Gasteiger charge is -2.19. The number of hydrogen-bond acceptors (Lipinski definition) is 5. The molecular weight excluding hydrogens is 322 g/mol. The summed E-state index contributed by atoms with van der Waals surface area (Å²) in [5.74, 6) is 1.15. The molecule has 6 nitrogen and oxygen atoms in total. The highest BCUT2D eigenvalue weighted by Gasteiger charge is 2.33. The van der Waals surface area contributed by atoms with Gasteiger partial charge in [-0.15, -0.1) is 10.2 Å². The monoisotopic (exact) mass is 349 g/mol. The fourth-order valence-corrected chi connectivity index (χ4v) is 4.66. The number of nitrogens with zero attached hydrogens (tertiary/aromatic N) is 4. The van der Waals surface area contributed by atoms with E-state index in [-0.39, 0.29) is 11.2 Å². The first kappa shape index (κ1) is 16.2. The second-order valence-corrected chi connectivity index (χ2v) is 8.64. The Bertz CT molecular complexity index is 588. The summed E-state index contributed by atoms with van der Waals surface area (Å²) in [4.78, 5) is 14.8. The first-order valence-electron chi connectivity index (χ1n) is 9.39. The molecule has 1 amide bonds. The third-order valence-corrected chi connectivity index (χ3v) is 6.36. The van der Waals surface area contributed by atoms with E-state index in [2.05, 4.69) is 25.0 Å². The minimum absolute atomic E-state index is 0.126. The number of amides is 1. The molecule has 1 N–H and O–H groups in total. The number of anilines is 1. The maximum Gasteiger partial charge on any atom is 0.233 e. The highest BCUT2D eigenvalue weighted by Crippen LogP contribution is 2.42. The van der Waals surface area contributed by atoms with Crippen LogP contribution in [0.25, 0.3) is 0 Å². The molecule has 0 aromatic carbocycles. The Hall–Kier alpha value is -1.24. The first-order valence-corrected chi connectivity index (χ1v) is 10.3. The molecule has 1 saturated heterocycles. The van der Waals surface area contributed by atoms with Crippen LogP contribution in [-0.4, -0.2) is 45.1 Å². The van der Waals surface area contributed by atoms with Gasteiger partial charge >= 0.3 is 0 Å². The highest BCUT2D eigenvalue weighted by molar-refractivity contribution is 8.00. The zero-order valence-electron chi connectivity index (χ0n) is 14.4. The van der Waals surface area contributed by atoms with E-state index >= 15 is 0 Å². The molecule has 1 aliphatic heterocycles. The Morgan fingerprint density at radius 1 is 1.12 bits per heavy atom. The Balaban J connectivity index is 1.44. The number of aromatic nitrogens is 3. The number of carbonyl (C=O) groups is 1. The lowest BCUT2D eigenvalue weighted by atomic mass is 10.2. The molecule has 2 saturated carbocycles. The molecule has 1 aromatic heterocycles. The summed E-state index contributed by atoms with van der Waals surface area (Å²) < 4.78 is 2.29. The smallest absolute Gasteiger partial charge is 0.233 e. The van der Waals surface area contributed by atoms with E-state index in [0.29, 0.717) is 12.1 Å². The van der Waals surface area contributed by atoms with Crippen LogP contribution in [0.4, 0.5) is 5.95 Å². The van der Waals surface area contributed by atoms with Gasteiger partial charge in [-0.25, -0.2) is 0 Å². The van der Waals surface area contributed by atoms with E-state index in [4.69, 9.17) is 0 Å². The summed E-state index contributed by atoms with van der Waals surface area (Å²) in [5.41, 5.74) is 0. The molecule has 0 radical (unpaired) electrons. The Labute approximate surface area is 147 Å². The SMILES string of the molecule is C[C@@H](Sc1nnc(N2CCCC2)n1C1CC1)C(=O)NC1CCCC1. The molecule has 0 bridgehead atoms. The zero-order valence-corrected chi connectivity index (χ0v) is 15.2. The van der Waals surface area contributed by atoms with Gasteiger partial charge in [0, 0.05) is 25.2 Å². The van der Waals surface area contributed by atoms with Crippen molar-refractivity contribution < 1.29 is 4.79 Å². The van der Waals surface area contributed by atoms with E-state index in [9.17, 15) is 4.79 Å². The van der Waals surface area contributed by atoms with E-state index in [1.807, 2.05) is 6.92 Å². The van der Waals surface area contributed by atoms with Gasteiger partial charge in [-0.1, -0.05) is 24.6 Å². The largest absolute Gasteiger partial charge is 0.352 e. The fraction of sp³-hybridized carbons (Fsp3) is 0.824. The Morgan fingerprint density at radius 3 is 2.50 bits per heavy atom. The predicted octanol–water partition coefficient (Wildman–Crippen LogP) is 2.75. The van der Waals surface area contributed by atoms with E-state index in [1.54, 1.807) is 11.8 Å². The average molecular weight is 350 g/mol. The van der Waals surface area contributed by atoms with Crippen molar-refractivity contribution in [3.63, 3.8) is 0 Å². The van der Waals surface area contributed by atoms with Crippen molar-refractivity contribution in [3.8, 4) is 0 Å². The number of carbonyl (C=O) groups excluding carboxylic acids is 1. The molecule has 3 fully saturated rings. The van der Waals surface area contributed by atoms with E-state index in [0.717, 1.165) is 37.0 Å². The van der Waals surface area contributed by atoms with Crippen LogP contribution in [0.5, 0.6) is 0 Å². The first-order chi connectivity index (χ1) is 11.7. The zero-order chi connectivity index (χ0) is 16.5. The van der Waals surface area contributed by atoms with Crippen LogP contribution in [0.2, 0.25) is 0 Å². The van der Waals surface area contributed by atoms with Crippen molar-refractivity contribution in [2.45, 2.75) is 80.8 Å². The van der Waals surface area contributed by atoms with Crippen LogP contribution in [0, 0.1) is 0 Å². The van der Waals surface area contributed by atoms with Crippen LogP contribution < -0.4 is 10.2 Å². The summed E-state index contributed by atoms with van der Waals surface area (Å²) in [6.07, 6.45) is 9.61. The molecule has 2 heterocycles. The highest BCUT2D eigenvalue weighted by atomic mass is 32.2. The predicted molar refractivity (Wildman–Crippen MR) is 95.5 cm³/mol. The van der Waals surface area contributed by atoms with Crippen molar-refractivity contribution >= 4 is 23.6 Å². The molecule has 1 aromatic rings. The van der Waals surface area contributed by atoms with Gasteiger partial charge in [0.05, 0.1) is 5.25 Å². The number of thioether (sulfide) groups is 1. The minimum Gasteiger partial charge on any atom is -0.352 e. The molecule has 24 heavy (non-hydrogen) atoms. The number of nitrogens with one attached hydrogen (secondary N) is 1. The van der Waals surface area contributed by atoms with Crippen molar-refractivity contribution in [2.75, 3.05) is 18.0 Å². The van der Waals surface area contributed by atoms with Gasteiger partial charge in [-0.2, -0.15) is 0 Å². The molecule has 1 atom stereocenters. The van der Waals surface area contributed by atoms with Gasteiger partial charge in [0.2, 0.25) is 11.9 Å². The van der Waals surface area contributed by atoms with Gasteiger partial charge in [0.1, 0.15) is 0 Å². The Kier molecular flexibility index (Phi) is 4.70. The summed E-state index contributed by atoms with van der Waals surface area (Å²) >= 11 is 1.56. The van der Waals surface area contributed by atoms with E-state index < -0.39 is 0 Å². The molecule has 0 spiro atoms. The molecule has 3 aliphatic rings. The van der Waals surface area contributed by atoms with Crippen molar-refractivity contribution in [3.05, 3.63) is 0 Å².